The lowest BCUT2D eigenvalue weighted by Gasteiger charge is -2.10. The van der Waals surface area contributed by atoms with E-state index < -0.39 is 0 Å². The number of para-hydroxylation sites is 1. The first kappa shape index (κ1) is 11.9. The molecule has 0 unspecified atom stereocenters. The Labute approximate surface area is 123 Å². The Hall–Kier alpha value is -2.87. The highest BCUT2D eigenvalue weighted by atomic mass is 14.9. The highest BCUT2D eigenvalue weighted by Gasteiger charge is 2.02. The predicted molar refractivity (Wildman–Crippen MR) is 89.0 cm³/mol. The third kappa shape index (κ3) is 2.21. The van der Waals surface area contributed by atoms with Crippen molar-refractivity contribution in [2.24, 2.45) is 0 Å². The van der Waals surface area contributed by atoms with Crippen LogP contribution in [0, 0.1) is 0 Å². The van der Waals surface area contributed by atoms with Crippen LogP contribution in [0.5, 0.6) is 0 Å². The molecular weight excluding hydrogens is 256 g/mol. The second kappa shape index (κ2) is 4.91. The fourth-order valence-corrected chi connectivity index (χ4v) is 2.63. The Morgan fingerprint density at radius 3 is 2.43 bits per heavy atom. The van der Waals surface area contributed by atoms with Crippen LogP contribution in [0.2, 0.25) is 0 Å². The van der Waals surface area contributed by atoms with Gasteiger partial charge in [0.25, 0.3) is 0 Å². The van der Waals surface area contributed by atoms with Crippen molar-refractivity contribution in [3.63, 3.8) is 0 Å². The maximum absolute atomic E-state index is 4.48. The minimum absolute atomic E-state index is 0.994. The molecule has 3 aromatic carbocycles. The Morgan fingerprint density at radius 1 is 0.667 bits per heavy atom. The van der Waals surface area contributed by atoms with Crippen LogP contribution in [-0.2, 0) is 0 Å². The molecule has 2 nitrogen and oxygen atoms in total. The molecule has 2 heteroatoms. The standard InChI is InChI=1S/C19H14N2/c1-2-6-16-13-17(11-10-14(16)5-1)21-18-9-3-7-15-8-4-12-20-19(15)18/h1-13,21H. The summed E-state index contributed by atoms with van der Waals surface area (Å²) in [6, 6.07) is 25.0. The van der Waals surface area contributed by atoms with Gasteiger partial charge in [-0.15, -0.1) is 0 Å². The first-order chi connectivity index (χ1) is 10.4. The summed E-state index contributed by atoms with van der Waals surface area (Å²) in [5.74, 6) is 0. The molecule has 4 rings (SSSR count). The lowest BCUT2D eigenvalue weighted by Crippen LogP contribution is -1.92. The quantitative estimate of drug-likeness (QED) is 0.546. The van der Waals surface area contributed by atoms with Gasteiger partial charge >= 0.3 is 0 Å². The summed E-state index contributed by atoms with van der Waals surface area (Å²) in [5, 5.41) is 7.10. The van der Waals surface area contributed by atoms with Crippen LogP contribution in [0.4, 0.5) is 11.4 Å². The summed E-state index contributed by atoms with van der Waals surface area (Å²) in [7, 11) is 0. The number of benzene rings is 3. The summed E-state index contributed by atoms with van der Waals surface area (Å²) in [5.41, 5.74) is 3.10. The first-order valence-corrected chi connectivity index (χ1v) is 7.00. The van der Waals surface area contributed by atoms with E-state index in [1.807, 2.05) is 18.3 Å². The zero-order chi connectivity index (χ0) is 14.1. The number of hydrogen-bond donors (Lipinski definition) is 1. The zero-order valence-electron chi connectivity index (χ0n) is 11.5. The molecule has 0 atom stereocenters. The molecular formula is C19H14N2. The molecule has 100 valence electrons. The minimum Gasteiger partial charge on any atom is -0.354 e. The lowest BCUT2D eigenvalue weighted by molar-refractivity contribution is 1.40. The topological polar surface area (TPSA) is 24.9 Å². The summed E-state index contributed by atoms with van der Waals surface area (Å²) in [6.07, 6.45) is 1.83. The van der Waals surface area contributed by atoms with Crippen molar-refractivity contribution >= 4 is 33.1 Å². The molecule has 0 radical (unpaired) electrons. The maximum Gasteiger partial charge on any atom is 0.0936 e. The monoisotopic (exact) mass is 270 g/mol. The highest BCUT2D eigenvalue weighted by molar-refractivity contribution is 5.93. The van der Waals surface area contributed by atoms with Crippen LogP contribution in [0.1, 0.15) is 0 Å². The van der Waals surface area contributed by atoms with Crippen LogP contribution in [0.3, 0.4) is 0 Å². The average Bonchev–Trinajstić information content (AvgIpc) is 2.55. The number of pyridine rings is 1. The van der Waals surface area contributed by atoms with Crippen LogP contribution in [0.15, 0.2) is 79.0 Å². The number of nitrogens with zero attached hydrogens (tertiary/aromatic N) is 1. The molecule has 21 heavy (non-hydrogen) atoms. The molecule has 0 aliphatic carbocycles. The molecule has 4 aromatic rings. The van der Waals surface area contributed by atoms with Crippen molar-refractivity contribution in [1.29, 1.82) is 0 Å². The fourth-order valence-electron chi connectivity index (χ4n) is 2.63. The number of anilines is 2. The van der Waals surface area contributed by atoms with Crippen LogP contribution < -0.4 is 5.32 Å². The minimum atomic E-state index is 0.994. The Morgan fingerprint density at radius 2 is 1.48 bits per heavy atom. The third-order valence-electron chi connectivity index (χ3n) is 3.66. The van der Waals surface area contributed by atoms with Crippen molar-refractivity contribution in [1.82, 2.24) is 4.98 Å². The van der Waals surface area contributed by atoms with Gasteiger partial charge in [-0.1, -0.05) is 48.5 Å². The molecule has 1 N–H and O–H groups in total. The van der Waals surface area contributed by atoms with E-state index in [0.717, 1.165) is 22.3 Å². The van der Waals surface area contributed by atoms with Gasteiger partial charge in [0.2, 0.25) is 0 Å². The van der Waals surface area contributed by atoms with Gasteiger partial charge in [0.1, 0.15) is 0 Å². The van der Waals surface area contributed by atoms with E-state index in [2.05, 4.69) is 71.0 Å². The van der Waals surface area contributed by atoms with E-state index in [4.69, 9.17) is 0 Å². The molecule has 0 amide bonds. The van der Waals surface area contributed by atoms with Gasteiger partial charge in [-0.2, -0.15) is 0 Å². The largest absolute Gasteiger partial charge is 0.354 e. The van der Waals surface area contributed by atoms with Crippen LogP contribution in [-0.4, -0.2) is 4.98 Å². The fraction of sp³-hybridized carbons (Fsp3) is 0. The van der Waals surface area contributed by atoms with Crippen LogP contribution in [0.25, 0.3) is 21.7 Å². The van der Waals surface area contributed by atoms with E-state index in [9.17, 15) is 0 Å². The van der Waals surface area contributed by atoms with Crippen molar-refractivity contribution < 1.29 is 0 Å². The van der Waals surface area contributed by atoms with Gasteiger partial charge in [0.15, 0.2) is 0 Å². The Kier molecular flexibility index (Phi) is 2.79. The van der Waals surface area contributed by atoms with Crippen molar-refractivity contribution in [2.75, 3.05) is 5.32 Å². The molecule has 0 aliphatic rings. The maximum atomic E-state index is 4.48. The van der Waals surface area contributed by atoms with Gasteiger partial charge in [-0.3, -0.25) is 4.98 Å². The third-order valence-corrected chi connectivity index (χ3v) is 3.66. The Bertz CT molecular complexity index is 923. The van der Waals surface area contributed by atoms with Gasteiger partial charge in [-0.05, 0) is 35.0 Å². The molecule has 0 bridgehead atoms. The van der Waals surface area contributed by atoms with Crippen molar-refractivity contribution in [2.45, 2.75) is 0 Å². The smallest absolute Gasteiger partial charge is 0.0936 e. The first-order valence-electron chi connectivity index (χ1n) is 7.00. The molecule has 0 fully saturated rings. The predicted octanol–water partition coefficient (Wildman–Crippen LogP) is 5.13. The molecule has 1 aromatic heterocycles. The molecule has 0 spiro atoms. The van der Waals surface area contributed by atoms with Gasteiger partial charge in [-0.25, -0.2) is 0 Å². The normalized spacial score (nSPS) is 10.9. The van der Waals surface area contributed by atoms with Gasteiger partial charge in [0, 0.05) is 17.3 Å². The number of hydrogen-bond acceptors (Lipinski definition) is 2. The van der Waals surface area contributed by atoms with Gasteiger partial charge in [0.05, 0.1) is 11.2 Å². The SMILES string of the molecule is c1ccc2cc(Nc3cccc4cccnc34)ccc2c1. The highest BCUT2D eigenvalue weighted by Crippen LogP contribution is 2.26. The molecule has 0 aliphatic heterocycles. The average molecular weight is 270 g/mol. The van der Waals surface area contributed by atoms with E-state index in [1.165, 1.54) is 10.8 Å². The van der Waals surface area contributed by atoms with Crippen LogP contribution >= 0.6 is 0 Å². The van der Waals surface area contributed by atoms with E-state index in [0.29, 0.717) is 0 Å². The molecule has 1 heterocycles. The number of aromatic nitrogens is 1. The van der Waals surface area contributed by atoms with E-state index >= 15 is 0 Å². The van der Waals surface area contributed by atoms with E-state index in [1.54, 1.807) is 0 Å². The summed E-state index contributed by atoms with van der Waals surface area (Å²) in [4.78, 5) is 4.48. The molecule has 0 saturated heterocycles. The summed E-state index contributed by atoms with van der Waals surface area (Å²) in [6.45, 7) is 0. The summed E-state index contributed by atoms with van der Waals surface area (Å²) >= 11 is 0. The number of fused-ring (bicyclic) bond motifs is 2. The number of nitrogens with one attached hydrogen (secondary N) is 1. The van der Waals surface area contributed by atoms with Gasteiger partial charge < -0.3 is 5.32 Å². The second-order valence-corrected chi connectivity index (χ2v) is 5.07. The second-order valence-electron chi connectivity index (χ2n) is 5.07. The summed E-state index contributed by atoms with van der Waals surface area (Å²) < 4.78 is 0. The van der Waals surface area contributed by atoms with Crippen molar-refractivity contribution in [3.8, 4) is 0 Å². The molecule has 0 saturated carbocycles. The Balaban J connectivity index is 1.79. The lowest BCUT2D eigenvalue weighted by atomic mass is 10.1. The number of rotatable bonds is 2. The zero-order valence-corrected chi connectivity index (χ0v) is 11.5. The van der Waals surface area contributed by atoms with E-state index in [-0.39, 0.29) is 0 Å². The van der Waals surface area contributed by atoms with Crippen molar-refractivity contribution in [3.05, 3.63) is 79.0 Å².